The fourth-order valence-electron chi connectivity index (χ4n) is 2.37. The van der Waals surface area contributed by atoms with Crippen molar-refractivity contribution in [2.24, 2.45) is 0 Å². The molecule has 0 fully saturated rings. The van der Waals surface area contributed by atoms with Gasteiger partial charge in [0.25, 0.3) is 0 Å². The topological polar surface area (TPSA) is 46.2 Å². The van der Waals surface area contributed by atoms with Gasteiger partial charge in [0.15, 0.2) is 5.11 Å². The van der Waals surface area contributed by atoms with Gasteiger partial charge in [-0.05, 0) is 54.7 Å². The van der Waals surface area contributed by atoms with Crippen LogP contribution in [-0.2, 0) is 6.54 Å². The molecule has 3 rings (SSSR count). The van der Waals surface area contributed by atoms with E-state index in [0.717, 1.165) is 26.9 Å². The molecule has 0 aliphatic heterocycles. The summed E-state index contributed by atoms with van der Waals surface area (Å²) in [6.07, 6.45) is 1.76. The van der Waals surface area contributed by atoms with Crippen molar-refractivity contribution in [2.75, 3.05) is 12.4 Å². The lowest BCUT2D eigenvalue weighted by Gasteiger charge is -2.14. The first kappa shape index (κ1) is 19.5. The fourth-order valence-corrected chi connectivity index (χ4v) is 3.52. The Kier molecular flexibility index (Phi) is 6.92. The van der Waals surface area contributed by atoms with E-state index in [0.29, 0.717) is 16.7 Å². The van der Waals surface area contributed by atoms with E-state index in [1.54, 1.807) is 25.1 Å². The van der Waals surface area contributed by atoms with Crippen molar-refractivity contribution in [2.45, 2.75) is 16.5 Å². The number of rotatable bonds is 6. The minimum Gasteiger partial charge on any atom is -0.496 e. The Morgan fingerprint density at radius 3 is 2.67 bits per heavy atom. The summed E-state index contributed by atoms with van der Waals surface area (Å²) in [5.41, 5.74) is 1.88. The molecule has 0 saturated heterocycles. The first-order valence-corrected chi connectivity index (χ1v) is 9.81. The van der Waals surface area contributed by atoms with Gasteiger partial charge < -0.3 is 15.4 Å². The molecule has 27 heavy (non-hydrogen) atoms. The van der Waals surface area contributed by atoms with Crippen LogP contribution in [0.25, 0.3) is 0 Å². The van der Waals surface area contributed by atoms with Gasteiger partial charge in [0, 0.05) is 28.2 Å². The van der Waals surface area contributed by atoms with Gasteiger partial charge >= 0.3 is 0 Å². The van der Waals surface area contributed by atoms with Crippen molar-refractivity contribution in [1.82, 2.24) is 10.3 Å². The van der Waals surface area contributed by atoms with Crippen LogP contribution in [0.4, 0.5) is 5.69 Å². The third-order valence-electron chi connectivity index (χ3n) is 3.68. The SMILES string of the molecule is COc1ccccc1CNC(=S)Nc1cccnc1Sc1ccc(Cl)cc1. The number of hydrogen-bond acceptors (Lipinski definition) is 4. The van der Waals surface area contributed by atoms with Gasteiger partial charge in [-0.1, -0.05) is 41.6 Å². The van der Waals surface area contributed by atoms with Crippen molar-refractivity contribution >= 4 is 46.4 Å². The van der Waals surface area contributed by atoms with E-state index in [1.165, 1.54) is 0 Å². The van der Waals surface area contributed by atoms with Crippen molar-refractivity contribution in [3.63, 3.8) is 0 Å². The number of aromatic nitrogens is 1. The molecule has 2 N–H and O–H groups in total. The zero-order valence-corrected chi connectivity index (χ0v) is 17.0. The molecule has 3 aromatic rings. The largest absolute Gasteiger partial charge is 0.496 e. The van der Waals surface area contributed by atoms with Gasteiger partial charge in [0.05, 0.1) is 12.8 Å². The zero-order chi connectivity index (χ0) is 19.1. The van der Waals surface area contributed by atoms with Crippen LogP contribution in [0.15, 0.2) is 76.8 Å². The van der Waals surface area contributed by atoms with E-state index < -0.39 is 0 Å². The van der Waals surface area contributed by atoms with Crippen LogP contribution < -0.4 is 15.4 Å². The summed E-state index contributed by atoms with van der Waals surface area (Å²) < 4.78 is 5.36. The second-order valence-electron chi connectivity index (χ2n) is 5.53. The van der Waals surface area contributed by atoms with Crippen LogP contribution in [0.1, 0.15) is 5.56 Å². The number of methoxy groups -OCH3 is 1. The summed E-state index contributed by atoms with van der Waals surface area (Å²) in [5, 5.41) is 8.49. The van der Waals surface area contributed by atoms with E-state index >= 15 is 0 Å². The van der Waals surface area contributed by atoms with E-state index in [9.17, 15) is 0 Å². The van der Waals surface area contributed by atoms with Crippen LogP contribution in [0.5, 0.6) is 5.75 Å². The summed E-state index contributed by atoms with van der Waals surface area (Å²) >= 11 is 12.9. The summed E-state index contributed by atoms with van der Waals surface area (Å²) in [6.45, 7) is 0.565. The summed E-state index contributed by atoms with van der Waals surface area (Å²) in [7, 11) is 1.66. The number of anilines is 1. The van der Waals surface area contributed by atoms with Gasteiger partial charge in [0.1, 0.15) is 10.8 Å². The highest BCUT2D eigenvalue weighted by Gasteiger charge is 2.08. The molecule has 0 unspecified atom stereocenters. The predicted octanol–water partition coefficient (Wildman–Crippen LogP) is 5.38. The average molecular weight is 416 g/mol. The highest BCUT2D eigenvalue weighted by molar-refractivity contribution is 7.99. The Morgan fingerprint density at radius 1 is 1.11 bits per heavy atom. The lowest BCUT2D eigenvalue weighted by Crippen LogP contribution is -2.28. The number of para-hydroxylation sites is 1. The third-order valence-corrected chi connectivity index (χ3v) is 5.20. The Hall–Kier alpha value is -2.28. The number of ether oxygens (including phenoxy) is 1. The van der Waals surface area contributed by atoms with E-state index in [2.05, 4.69) is 15.6 Å². The summed E-state index contributed by atoms with van der Waals surface area (Å²) in [5.74, 6) is 0.827. The van der Waals surface area contributed by atoms with Crippen molar-refractivity contribution in [3.8, 4) is 5.75 Å². The molecule has 0 bridgehead atoms. The van der Waals surface area contributed by atoms with Crippen LogP contribution in [0.2, 0.25) is 5.02 Å². The number of nitrogens with one attached hydrogen (secondary N) is 2. The minimum atomic E-state index is 0.520. The smallest absolute Gasteiger partial charge is 0.171 e. The number of hydrogen-bond donors (Lipinski definition) is 2. The molecule has 0 amide bonds. The maximum absolute atomic E-state index is 5.95. The highest BCUT2D eigenvalue weighted by atomic mass is 35.5. The lowest BCUT2D eigenvalue weighted by molar-refractivity contribution is 0.409. The molecule has 0 atom stereocenters. The molecule has 0 radical (unpaired) electrons. The molecule has 138 valence electrons. The fraction of sp³-hybridized carbons (Fsp3) is 0.100. The van der Waals surface area contributed by atoms with Crippen LogP contribution >= 0.6 is 35.6 Å². The maximum atomic E-state index is 5.95. The first-order valence-electron chi connectivity index (χ1n) is 8.21. The number of nitrogens with zero attached hydrogens (tertiary/aromatic N) is 1. The van der Waals surface area contributed by atoms with Crippen molar-refractivity contribution in [1.29, 1.82) is 0 Å². The molecular formula is C20H18ClN3OS2. The molecule has 1 heterocycles. The van der Waals surface area contributed by atoms with Crippen LogP contribution in [-0.4, -0.2) is 17.2 Å². The monoisotopic (exact) mass is 415 g/mol. The van der Waals surface area contributed by atoms with E-state index in [-0.39, 0.29) is 0 Å². The zero-order valence-electron chi connectivity index (χ0n) is 14.6. The normalized spacial score (nSPS) is 10.3. The Balaban J connectivity index is 1.65. The minimum absolute atomic E-state index is 0.520. The highest BCUT2D eigenvalue weighted by Crippen LogP contribution is 2.32. The quantitative estimate of drug-likeness (QED) is 0.527. The standard InChI is InChI=1S/C20H18ClN3OS2/c1-25-18-7-3-2-5-14(18)13-23-20(26)24-17-6-4-12-22-19(17)27-16-10-8-15(21)9-11-16/h2-12H,13H2,1H3,(H2,23,24,26). The first-order chi connectivity index (χ1) is 13.2. The molecule has 7 heteroatoms. The second kappa shape index (κ2) is 9.60. The average Bonchev–Trinajstić information content (AvgIpc) is 2.70. The molecule has 4 nitrogen and oxygen atoms in total. The van der Waals surface area contributed by atoms with Gasteiger partial charge in [0.2, 0.25) is 0 Å². The van der Waals surface area contributed by atoms with Crippen molar-refractivity contribution in [3.05, 3.63) is 77.4 Å². The molecule has 0 aliphatic carbocycles. The van der Waals surface area contributed by atoms with Gasteiger partial charge in [-0.2, -0.15) is 0 Å². The van der Waals surface area contributed by atoms with Gasteiger partial charge in [-0.25, -0.2) is 4.98 Å². The van der Waals surface area contributed by atoms with E-state index in [1.807, 2.05) is 60.7 Å². The third kappa shape index (κ3) is 5.60. The Morgan fingerprint density at radius 2 is 1.89 bits per heavy atom. The maximum Gasteiger partial charge on any atom is 0.171 e. The molecule has 2 aromatic carbocycles. The summed E-state index contributed by atoms with van der Waals surface area (Å²) in [4.78, 5) is 5.51. The molecule has 0 aliphatic rings. The van der Waals surface area contributed by atoms with Crippen LogP contribution in [0, 0.1) is 0 Å². The summed E-state index contributed by atoms with van der Waals surface area (Å²) in [6, 6.07) is 19.3. The Labute approximate surface area is 173 Å². The number of halogens is 1. The van der Waals surface area contributed by atoms with Gasteiger partial charge in [-0.3, -0.25) is 0 Å². The lowest BCUT2D eigenvalue weighted by atomic mass is 10.2. The second-order valence-corrected chi connectivity index (χ2v) is 7.44. The molecule has 1 aromatic heterocycles. The predicted molar refractivity (Wildman–Crippen MR) is 116 cm³/mol. The number of benzene rings is 2. The van der Waals surface area contributed by atoms with E-state index in [4.69, 9.17) is 28.6 Å². The number of pyridine rings is 1. The van der Waals surface area contributed by atoms with Crippen molar-refractivity contribution < 1.29 is 4.74 Å². The van der Waals surface area contributed by atoms with Gasteiger partial charge in [-0.15, -0.1) is 0 Å². The molecule has 0 saturated carbocycles. The Bertz CT molecular complexity index is 919. The van der Waals surface area contributed by atoms with Crippen LogP contribution in [0.3, 0.4) is 0 Å². The molecular weight excluding hydrogens is 398 g/mol. The number of thiocarbonyl (C=S) groups is 1. The molecule has 0 spiro atoms.